The molecule has 0 aliphatic heterocycles. The molecule has 1 rings (SSSR count). The fourth-order valence-electron chi connectivity index (χ4n) is 2.43. The van der Waals surface area contributed by atoms with Gasteiger partial charge in [0.25, 0.3) is 0 Å². The Morgan fingerprint density at radius 3 is 2.27 bits per heavy atom. The molecular weight excluding hydrogens is 196 g/mol. The van der Waals surface area contributed by atoms with Gasteiger partial charge in [-0.15, -0.1) is 0 Å². The summed E-state index contributed by atoms with van der Waals surface area (Å²) in [6.07, 6.45) is 1.52. The van der Waals surface area contributed by atoms with Gasteiger partial charge in [0.2, 0.25) is 0 Å². The number of aliphatic carboxylic acids is 2. The van der Waals surface area contributed by atoms with E-state index in [1.807, 2.05) is 6.92 Å². The molecule has 4 heteroatoms. The minimum absolute atomic E-state index is 0.251. The molecule has 4 nitrogen and oxygen atoms in total. The van der Waals surface area contributed by atoms with Crippen molar-refractivity contribution in [3.8, 4) is 0 Å². The van der Waals surface area contributed by atoms with Crippen molar-refractivity contribution in [2.45, 2.75) is 39.5 Å². The van der Waals surface area contributed by atoms with Crippen LogP contribution in [0, 0.1) is 17.3 Å². The Morgan fingerprint density at radius 1 is 1.27 bits per heavy atom. The lowest BCUT2D eigenvalue weighted by molar-refractivity contribution is -0.159. The number of hydrogen-bond donors (Lipinski definition) is 2. The zero-order valence-electron chi connectivity index (χ0n) is 9.19. The maximum atomic E-state index is 11.2. The second-order valence-electron chi connectivity index (χ2n) is 4.85. The molecule has 86 valence electrons. The normalized spacial score (nSPS) is 36.1. The van der Waals surface area contributed by atoms with Crippen LogP contribution in [0.25, 0.3) is 0 Å². The highest BCUT2D eigenvalue weighted by Crippen LogP contribution is 2.44. The largest absolute Gasteiger partial charge is 0.481 e. The first-order valence-electron chi connectivity index (χ1n) is 5.32. The van der Waals surface area contributed by atoms with Crippen LogP contribution in [0.15, 0.2) is 0 Å². The number of carbonyl (C=O) groups is 2. The number of carboxylic acids is 2. The van der Waals surface area contributed by atoms with E-state index in [1.165, 1.54) is 0 Å². The molecule has 0 spiro atoms. The van der Waals surface area contributed by atoms with E-state index in [1.54, 1.807) is 0 Å². The number of rotatable bonds is 3. The average molecular weight is 214 g/mol. The van der Waals surface area contributed by atoms with Crippen molar-refractivity contribution in [1.29, 1.82) is 0 Å². The van der Waals surface area contributed by atoms with E-state index in [2.05, 4.69) is 6.92 Å². The van der Waals surface area contributed by atoms with Crippen LogP contribution >= 0.6 is 0 Å². The third kappa shape index (κ3) is 2.49. The van der Waals surface area contributed by atoms with Gasteiger partial charge >= 0.3 is 11.9 Å². The van der Waals surface area contributed by atoms with Crippen molar-refractivity contribution in [3.63, 3.8) is 0 Å². The Morgan fingerprint density at radius 2 is 1.87 bits per heavy atom. The summed E-state index contributed by atoms with van der Waals surface area (Å²) >= 11 is 0. The average Bonchev–Trinajstić information content (AvgIpc) is 2.10. The molecule has 0 aromatic rings. The Bertz CT molecular complexity index is 274. The van der Waals surface area contributed by atoms with E-state index in [9.17, 15) is 14.7 Å². The molecular formula is C11H18O4. The van der Waals surface area contributed by atoms with Crippen molar-refractivity contribution in [1.82, 2.24) is 0 Å². The molecule has 3 unspecified atom stereocenters. The Balaban J connectivity index is 2.83. The minimum atomic E-state index is -1.03. The van der Waals surface area contributed by atoms with Crippen LogP contribution in [0.4, 0.5) is 0 Å². The molecule has 15 heavy (non-hydrogen) atoms. The van der Waals surface area contributed by atoms with Crippen molar-refractivity contribution in [2.24, 2.45) is 17.3 Å². The second kappa shape index (κ2) is 4.21. The smallest absolute Gasteiger partial charge is 0.310 e. The van der Waals surface area contributed by atoms with Gasteiger partial charge in [0.1, 0.15) is 0 Å². The molecule has 0 saturated heterocycles. The van der Waals surface area contributed by atoms with Crippen LogP contribution < -0.4 is 0 Å². The number of carboxylic acid groups (broad SMARTS) is 2. The molecule has 1 saturated carbocycles. The molecule has 1 aliphatic carbocycles. The van der Waals surface area contributed by atoms with E-state index >= 15 is 0 Å². The third-order valence-electron chi connectivity index (χ3n) is 3.71. The van der Waals surface area contributed by atoms with Gasteiger partial charge in [0.15, 0.2) is 0 Å². The second-order valence-corrected chi connectivity index (χ2v) is 4.85. The van der Waals surface area contributed by atoms with E-state index in [0.29, 0.717) is 18.8 Å². The van der Waals surface area contributed by atoms with Crippen LogP contribution in [0.5, 0.6) is 0 Å². The van der Waals surface area contributed by atoms with E-state index in [-0.39, 0.29) is 12.3 Å². The lowest BCUT2D eigenvalue weighted by Gasteiger charge is -2.38. The standard InChI is InChI=1S/C11H18O4/c1-7-3-4-11(10(14)15,5-8(7)2)6-9(12)13/h7-8H,3-6H2,1-2H3,(H,12,13)(H,14,15). The topological polar surface area (TPSA) is 74.6 Å². The fourth-order valence-corrected chi connectivity index (χ4v) is 2.43. The van der Waals surface area contributed by atoms with Crippen molar-refractivity contribution < 1.29 is 19.8 Å². The molecule has 1 aliphatic rings. The molecule has 0 amide bonds. The first-order chi connectivity index (χ1) is 6.87. The van der Waals surface area contributed by atoms with E-state index in [0.717, 1.165) is 6.42 Å². The van der Waals surface area contributed by atoms with E-state index in [4.69, 9.17) is 5.11 Å². The molecule has 0 aromatic carbocycles. The maximum absolute atomic E-state index is 11.2. The van der Waals surface area contributed by atoms with Gasteiger partial charge in [-0.25, -0.2) is 0 Å². The van der Waals surface area contributed by atoms with Gasteiger partial charge < -0.3 is 10.2 Å². The molecule has 2 N–H and O–H groups in total. The summed E-state index contributed by atoms with van der Waals surface area (Å²) in [6.45, 7) is 4.10. The molecule has 3 atom stereocenters. The molecule has 0 radical (unpaired) electrons. The first kappa shape index (κ1) is 12.0. The van der Waals surface area contributed by atoms with Gasteiger partial charge in [-0.3, -0.25) is 9.59 Å². The summed E-state index contributed by atoms with van der Waals surface area (Å²) in [4.78, 5) is 21.9. The third-order valence-corrected chi connectivity index (χ3v) is 3.71. The molecule has 0 aromatic heterocycles. The Kier molecular flexibility index (Phi) is 3.37. The summed E-state index contributed by atoms with van der Waals surface area (Å²) < 4.78 is 0. The number of hydrogen-bond acceptors (Lipinski definition) is 2. The zero-order valence-corrected chi connectivity index (χ0v) is 9.19. The monoisotopic (exact) mass is 214 g/mol. The zero-order chi connectivity index (χ0) is 11.6. The molecule has 1 fully saturated rings. The van der Waals surface area contributed by atoms with Gasteiger partial charge in [0, 0.05) is 0 Å². The van der Waals surface area contributed by atoms with E-state index < -0.39 is 17.4 Å². The predicted octanol–water partition coefficient (Wildman–Crippen LogP) is 1.99. The Labute approximate surface area is 89.3 Å². The highest BCUT2D eigenvalue weighted by Gasteiger charge is 2.45. The van der Waals surface area contributed by atoms with Crippen molar-refractivity contribution >= 4 is 11.9 Å². The van der Waals surface area contributed by atoms with Gasteiger partial charge in [-0.1, -0.05) is 13.8 Å². The van der Waals surface area contributed by atoms with Gasteiger partial charge in [0.05, 0.1) is 11.8 Å². The summed E-state index contributed by atoms with van der Waals surface area (Å²) in [5.74, 6) is -1.19. The van der Waals surface area contributed by atoms with Crippen molar-refractivity contribution in [2.75, 3.05) is 0 Å². The van der Waals surface area contributed by atoms with Crippen LogP contribution in [0.3, 0.4) is 0 Å². The molecule has 0 bridgehead atoms. The van der Waals surface area contributed by atoms with Crippen LogP contribution in [0.1, 0.15) is 39.5 Å². The highest BCUT2D eigenvalue weighted by molar-refractivity contribution is 5.81. The minimum Gasteiger partial charge on any atom is -0.481 e. The predicted molar refractivity (Wildman–Crippen MR) is 54.5 cm³/mol. The summed E-state index contributed by atoms with van der Waals surface area (Å²) in [5.41, 5.74) is -1.03. The van der Waals surface area contributed by atoms with Gasteiger partial charge in [-0.2, -0.15) is 0 Å². The lowest BCUT2D eigenvalue weighted by Crippen LogP contribution is -2.40. The summed E-state index contributed by atoms with van der Waals surface area (Å²) in [7, 11) is 0. The van der Waals surface area contributed by atoms with Crippen LogP contribution in [-0.4, -0.2) is 22.2 Å². The molecule has 0 heterocycles. The lowest BCUT2D eigenvalue weighted by atomic mass is 9.65. The van der Waals surface area contributed by atoms with Gasteiger partial charge in [-0.05, 0) is 31.1 Å². The van der Waals surface area contributed by atoms with Crippen molar-refractivity contribution in [3.05, 3.63) is 0 Å². The SMILES string of the molecule is CC1CCC(CC(=O)O)(C(=O)O)CC1C. The maximum Gasteiger partial charge on any atom is 0.310 e. The fraction of sp³-hybridized carbons (Fsp3) is 0.818. The van der Waals surface area contributed by atoms with Crippen LogP contribution in [0.2, 0.25) is 0 Å². The highest BCUT2D eigenvalue weighted by atomic mass is 16.4. The first-order valence-corrected chi connectivity index (χ1v) is 5.32. The Hall–Kier alpha value is -1.06. The summed E-state index contributed by atoms with van der Waals surface area (Å²) in [6, 6.07) is 0. The quantitative estimate of drug-likeness (QED) is 0.753. The summed E-state index contributed by atoms with van der Waals surface area (Å²) in [5, 5.41) is 17.9. The van der Waals surface area contributed by atoms with Crippen LogP contribution in [-0.2, 0) is 9.59 Å².